The lowest BCUT2D eigenvalue weighted by Gasteiger charge is -2.05. The lowest BCUT2D eigenvalue weighted by molar-refractivity contribution is 0.118. The van der Waals surface area contributed by atoms with Crippen molar-refractivity contribution < 1.29 is 4.74 Å². The van der Waals surface area contributed by atoms with E-state index in [0.29, 0.717) is 6.61 Å². The molecule has 0 unspecified atom stereocenters. The zero-order valence-electron chi connectivity index (χ0n) is 9.42. The average Bonchev–Trinajstić information content (AvgIpc) is 3.07. The van der Waals surface area contributed by atoms with Crippen molar-refractivity contribution in [2.24, 2.45) is 0 Å². The highest BCUT2D eigenvalue weighted by molar-refractivity contribution is 6.30. The van der Waals surface area contributed by atoms with Crippen LogP contribution in [0.3, 0.4) is 0 Å². The molecule has 16 heavy (non-hydrogen) atoms. The van der Waals surface area contributed by atoms with Crippen LogP contribution in [0.4, 0.5) is 0 Å². The molecule has 88 valence electrons. The predicted octanol–water partition coefficient (Wildman–Crippen LogP) is 3.00. The Hall–Kier alpha value is -0.570. The lowest BCUT2D eigenvalue weighted by atomic mass is 10.2. The van der Waals surface area contributed by atoms with Crippen LogP contribution in [0, 0.1) is 0 Å². The molecular weight excluding hydrogens is 222 g/mol. The molecule has 2 nitrogen and oxygen atoms in total. The molecule has 0 amide bonds. The topological polar surface area (TPSA) is 21.3 Å². The van der Waals surface area contributed by atoms with Gasteiger partial charge in [0, 0.05) is 17.7 Å². The number of hydrogen-bond acceptors (Lipinski definition) is 2. The second kappa shape index (κ2) is 6.24. The Balaban J connectivity index is 1.53. The third-order valence-corrected chi connectivity index (χ3v) is 2.87. The molecule has 0 atom stereocenters. The summed E-state index contributed by atoms with van der Waals surface area (Å²) in [5.41, 5.74) is 1.14. The van der Waals surface area contributed by atoms with Gasteiger partial charge >= 0.3 is 0 Å². The van der Waals surface area contributed by atoms with Gasteiger partial charge in [0.1, 0.15) is 0 Å². The summed E-state index contributed by atoms with van der Waals surface area (Å²) >= 11 is 5.88. The van der Waals surface area contributed by atoms with Crippen LogP contribution in [0.15, 0.2) is 24.3 Å². The molecule has 0 radical (unpaired) electrons. The van der Waals surface area contributed by atoms with Gasteiger partial charge in [-0.05, 0) is 43.5 Å². The van der Waals surface area contributed by atoms with E-state index >= 15 is 0 Å². The van der Waals surface area contributed by atoms with Crippen molar-refractivity contribution >= 4 is 11.6 Å². The average molecular weight is 240 g/mol. The Morgan fingerprint density at radius 3 is 3.00 bits per heavy atom. The molecule has 1 N–H and O–H groups in total. The first-order valence-electron chi connectivity index (χ1n) is 5.90. The molecule has 3 heteroatoms. The van der Waals surface area contributed by atoms with Gasteiger partial charge in [0.25, 0.3) is 0 Å². The fraction of sp³-hybridized carbons (Fsp3) is 0.538. The number of hydrogen-bond donors (Lipinski definition) is 1. The van der Waals surface area contributed by atoms with Crippen molar-refractivity contribution in [1.29, 1.82) is 0 Å². The highest BCUT2D eigenvalue weighted by Crippen LogP contribution is 2.18. The third-order valence-electron chi connectivity index (χ3n) is 2.63. The van der Waals surface area contributed by atoms with Crippen LogP contribution in [-0.4, -0.2) is 19.2 Å². The summed E-state index contributed by atoms with van der Waals surface area (Å²) in [7, 11) is 0. The summed E-state index contributed by atoms with van der Waals surface area (Å²) in [6, 6.07) is 8.62. The maximum absolute atomic E-state index is 5.88. The number of benzene rings is 1. The number of rotatable bonds is 7. The van der Waals surface area contributed by atoms with E-state index in [1.54, 1.807) is 0 Å². The summed E-state index contributed by atoms with van der Waals surface area (Å²) in [6.07, 6.45) is 3.78. The fourth-order valence-corrected chi connectivity index (χ4v) is 1.80. The molecule has 0 aliphatic heterocycles. The number of ether oxygens (including phenoxy) is 1. The second-order valence-electron chi connectivity index (χ2n) is 4.26. The van der Waals surface area contributed by atoms with Crippen LogP contribution in [0.5, 0.6) is 0 Å². The summed E-state index contributed by atoms with van der Waals surface area (Å²) in [5, 5.41) is 4.24. The Morgan fingerprint density at radius 1 is 1.38 bits per heavy atom. The SMILES string of the molecule is Clc1cccc(COCCCNC2CC2)c1. The molecule has 1 aliphatic carbocycles. The van der Waals surface area contributed by atoms with E-state index in [0.717, 1.165) is 36.2 Å². The van der Waals surface area contributed by atoms with Gasteiger partial charge < -0.3 is 10.1 Å². The molecule has 0 bridgehead atoms. The molecule has 1 fully saturated rings. The van der Waals surface area contributed by atoms with Crippen LogP contribution in [0.1, 0.15) is 24.8 Å². The molecule has 0 saturated heterocycles. The van der Waals surface area contributed by atoms with Gasteiger partial charge in [-0.15, -0.1) is 0 Å². The first kappa shape index (κ1) is 11.9. The smallest absolute Gasteiger partial charge is 0.0717 e. The van der Waals surface area contributed by atoms with Crippen molar-refractivity contribution in [3.8, 4) is 0 Å². The van der Waals surface area contributed by atoms with Crippen molar-refractivity contribution in [2.45, 2.75) is 31.9 Å². The van der Waals surface area contributed by atoms with E-state index in [4.69, 9.17) is 16.3 Å². The molecule has 2 rings (SSSR count). The van der Waals surface area contributed by atoms with E-state index in [-0.39, 0.29) is 0 Å². The van der Waals surface area contributed by atoms with E-state index in [1.807, 2.05) is 24.3 Å². The zero-order valence-corrected chi connectivity index (χ0v) is 10.2. The van der Waals surface area contributed by atoms with Crippen LogP contribution in [-0.2, 0) is 11.3 Å². The summed E-state index contributed by atoms with van der Waals surface area (Å²) in [6.45, 7) is 2.54. The number of nitrogens with one attached hydrogen (secondary N) is 1. The molecule has 0 heterocycles. The highest BCUT2D eigenvalue weighted by Gasteiger charge is 2.19. The quantitative estimate of drug-likeness (QED) is 0.739. The van der Waals surface area contributed by atoms with Gasteiger partial charge in [0.15, 0.2) is 0 Å². The molecule has 1 aromatic rings. The molecule has 1 aliphatic rings. The fourth-order valence-electron chi connectivity index (χ4n) is 1.58. The predicted molar refractivity (Wildman–Crippen MR) is 66.7 cm³/mol. The minimum absolute atomic E-state index is 0.657. The molecule has 0 aromatic heterocycles. The van der Waals surface area contributed by atoms with Crippen molar-refractivity contribution in [3.63, 3.8) is 0 Å². The molecule has 0 spiro atoms. The monoisotopic (exact) mass is 239 g/mol. The molecular formula is C13H18ClNO. The Labute approximate surface area is 102 Å². The van der Waals surface area contributed by atoms with E-state index < -0.39 is 0 Å². The van der Waals surface area contributed by atoms with Gasteiger partial charge in [0.05, 0.1) is 6.61 Å². The van der Waals surface area contributed by atoms with Crippen LogP contribution >= 0.6 is 11.6 Å². The van der Waals surface area contributed by atoms with Crippen molar-refractivity contribution in [1.82, 2.24) is 5.32 Å². The zero-order chi connectivity index (χ0) is 11.2. The Morgan fingerprint density at radius 2 is 2.25 bits per heavy atom. The van der Waals surface area contributed by atoms with E-state index in [9.17, 15) is 0 Å². The van der Waals surface area contributed by atoms with E-state index in [2.05, 4.69) is 5.32 Å². The minimum Gasteiger partial charge on any atom is -0.377 e. The maximum atomic E-state index is 5.88. The second-order valence-corrected chi connectivity index (χ2v) is 4.70. The van der Waals surface area contributed by atoms with Crippen LogP contribution in [0.25, 0.3) is 0 Å². The van der Waals surface area contributed by atoms with Crippen molar-refractivity contribution in [2.75, 3.05) is 13.2 Å². The van der Waals surface area contributed by atoms with Gasteiger partial charge in [-0.2, -0.15) is 0 Å². The van der Waals surface area contributed by atoms with Gasteiger partial charge in [-0.1, -0.05) is 23.7 Å². The molecule has 1 aromatic carbocycles. The van der Waals surface area contributed by atoms with Gasteiger partial charge in [-0.3, -0.25) is 0 Å². The number of halogens is 1. The third kappa shape index (κ3) is 4.52. The Kier molecular flexibility index (Phi) is 4.64. The standard InChI is InChI=1S/C13H18ClNO/c14-12-4-1-3-11(9-12)10-16-8-2-7-15-13-5-6-13/h1,3-4,9,13,15H,2,5-8,10H2. The van der Waals surface area contributed by atoms with Crippen LogP contribution in [0.2, 0.25) is 5.02 Å². The first-order chi connectivity index (χ1) is 7.84. The summed E-state index contributed by atoms with van der Waals surface area (Å²) < 4.78 is 5.58. The largest absolute Gasteiger partial charge is 0.377 e. The Bertz CT molecular complexity index is 325. The van der Waals surface area contributed by atoms with Crippen LogP contribution < -0.4 is 5.32 Å². The van der Waals surface area contributed by atoms with Gasteiger partial charge in [0.2, 0.25) is 0 Å². The lowest BCUT2D eigenvalue weighted by Crippen LogP contribution is -2.18. The van der Waals surface area contributed by atoms with Gasteiger partial charge in [-0.25, -0.2) is 0 Å². The molecule has 1 saturated carbocycles. The van der Waals surface area contributed by atoms with Crippen molar-refractivity contribution in [3.05, 3.63) is 34.9 Å². The minimum atomic E-state index is 0.657. The highest BCUT2D eigenvalue weighted by atomic mass is 35.5. The summed E-state index contributed by atoms with van der Waals surface area (Å²) in [5.74, 6) is 0. The van der Waals surface area contributed by atoms with E-state index in [1.165, 1.54) is 12.8 Å². The maximum Gasteiger partial charge on any atom is 0.0717 e. The summed E-state index contributed by atoms with van der Waals surface area (Å²) in [4.78, 5) is 0. The normalized spacial score (nSPS) is 15.3. The first-order valence-corrected chi connectivity index (χ1v) is 6.28.